The number of thiazole rings is 1. The van der Waals surface area contributed by atoms with Crippen LogP contribution in [0.25, 0.3) is 6.08 Å². The first-order chi connectivity index (χ1) is 18.8. The number of hydrogen-bond donors (Lipinski definition) is 0. The molecule has 0 radical (unpaired) electrons. The summed E-state index contributed by atoms with van der Waals surface area (Å²) in [5.74, 6) is -0.547. The fraction of sp³-hybridized carbons (Fsp3) is 0.321. The molecule has 0 saturated carbocycles. The minimum Gasteiger partial charge on any atom is -0.466 e. The summed E-state index contributed by atoms with van der Waals surface area (Å²) in [5, 5.41) is 11.9. The van der Waals surface area contributed by atoms with Crippen molar-refractivity contribution >= 4 is 34.8 Å². The van der Waals surface area contributed by atoms with Crippen LogP contribution in [-0.2, 0) is 9.53 Å². The van der Waals surface area contributed by atoms with Gasteiger partial charge in [0, 0.05) is 37.9 Å². The lowest BCUT2D eigenvalue weighted by Gasteiger charge is -2.34. The van der Waals surface area contributed by atoms with Crippen LogP contribution in [0.1, 0.15) is 30.5 Å². The second-order valence-corrected chi connectivity index (χ2v) is 10.5. The zero-order valence-corrected chi connectivity index (χ0v) is 22.8. The van der Waals surface area contributed by atoms with Crippen LogP contribution in [-0.4, -0.2) is 60.7 Å². The number of aromatic nitrogens is 1. The summed E-state index contributed by atoms with van der Waals surface area (Å²) >= 11 is 1.16. The number of fused-ring (bicyclic) bond motifs is 1. The van der Waals surface area contributed by atoms with E-state index in [0.29, 0.717) is 32.6 Å². The van der Waals surface area contributed by atoms with Gasteiger partial charge in [0.15, 0.2) is 4.80 Å². The molecule has 1 saturated heterocycles. The number of likely N-dealkylation sites (N-methyl/N-ethyl adjacent to an activating group) is 1. The Morgan fingerprint density at radius 3 is 2.54 bits per heavy atom. The summed E-state index contributed by atoms with van der Waals surface area (Å²) in [6.07, 6.45) is 2.04. The first-order valence-electron chi connectivity index (χ1n) is 12.7. The Kier molecular flexibility index (Phi) is 7.45. The largest absolute Gasteiger partial charge is 0.466 e. The molecule has 3 heterocycles. The number of rotatable bonds is 6. The first kappa shape index (κ1) is 26.5. The van der Waals surface area contributed by atoms with Gasteiger partial charge < -0.3 is 14.5 Å². The van der Waals surface area contributed by atoms with E-state index in [1.807, 2.05) is 37.3 Å². The molecule has 39 heavy (non-hydrogen) atoms. The number of ether oxygens (including phenoxy) is 1. The Balaban J connectivity index is 1.69. The van der Waals surface area contributed by atoms with Crippen LogP contribution in [0.3, 0.4) is 0 Å². The lowest BCUT2D eigenvalue weighted by atomic mass is 9.95. The van der Waals surface area contributed by atoms with Gasteiger partial charge >= 0.3 is 5.97 Å². The molecule has 0 spiro atoms. The van der Waals surface area contributed by atoms with Gasteiger partial charge in [0.1, 0.15) is 0 Å². The highest BCUT2D eigenvalue weighted by atomic mass is 32.1. The minimum absolute atomic E-state index is 0.0807. The molecule has 0 N–H and O–H groups in total. The number of benzene rings is 2. The number of esters is 1. The Bertz CT molecular complexity index is 1630. The molecule has 10 nitrogen and oxygen atoms in total. The molecule has 0 bridgehead atoms. The third kappa shape index (κ3) is 5.02. The molecule has 2 aliphatic heterocycles. The summed E-state index contributed by atoms with van der Waals surface area (Å²) in [7, 11) is 3.37. The standard InChI is InChI=1S/C28H29N5O5S/c1-4-21-24(27(35)38-3)25(18-8-6-5-7-9-18)32-26(34)23(39-28(32)29-21)17-19-16-20(10-11-22(19)33(36)37)31-14-12-30(2)13-15-31/h5-11,16-17,25H,4,12-15H2,1-3H3/b23-17-/t25-/m0/s1. The van der Waals surface area contributed by atoms with Gasteiger partial charge in [-0.05, 0) is 37.2 Å². The molecule has 1 atom stereocenters. The third-order valence-electron chi connectivity index (χ3n) is 7.13. The SMILES string of the molecule is CCC1=C(C(=O)OC)[C@H](c2ccccc2)n2c(s/c(=C\c3cc(N4CCN(C)CC4)ccc3[N+](=O)[O-])c2=O)=N1. The Morgan fingerprint density at radius 1 is 1.18 bits per heavy atom. The zero-order valence-electron chi connectivity index (χ0n) is 22.0. The predicted octanol–water partition coefficient (Wildman–Crippen LogP) is 2.46. The van der Waals surface area contributed by atoms with Crippen LogP contribution >= 0.6 is 11.3 Å². The van der Waals surface area contributed by atoms with Crippen LogP contribution in [0.15, 0.2) is 69.6 Å². The van der Waals surface area contributed by atoms with E-state index < -0.39 is 16.9 Å². The quantitative estimate of drug-likeness (QED) is 0.265. The molecule has 0 amide bonds. The molecule has 5 rings (SSSR count). The first-order valence-corrected chi connectivity index (χ1v) is 13.5. The Hall–Kier alpha value is -4.09. The van der Waals surface area contributed by atoms with Crippen molar-refractivity contribution in [1.82, 2.24) is 9.47 Å². The lowest BCUT2D eigenvalue weighted by molar-refractivity contribution is -0.385. The average molecular weight is 548 g/mol. The van der Waals surface area contributed by atoms with Crippen molar-refractivity contribution in [2.45, 2.75) is 19.4 Å². The highest BCUT2D eigenvalue weighted by Gasteiger charge is 2.33. The molecule has 202 valence electrons. The number of nitrogens with zero attached hydrogens (tertiary/aromatic N) is 5. The van der Waals surface area contributed by atoms with Crippen molar-refractivity contribution in [3.63, 3.8) is 0 Å². The molecule has 1 aromatic heterocycles. The minimum atomic E-state index is -0.723. The fourth-order valence-corrected chi connectivity index (χ4v) is 6.05. The molecule has 0 aliphatic carbocycles. The molecular weight excluding hydrogens is 518 g/mol. The van der Waals surface area contributed by atoms with Crippen molar-refractivity contribution in [3.8, 4) is 0 Å². The van der Waals surface area contributed by atoms with Gasteiger partial charge in [0.25, 0.3) is 11.2 Å². The van der Waals surface area contributed by atoms with Gasteiger partial charge in [-0.2, -0.15) is 0 Å². The van der Waals surface area contributed by atoms with Crippen molar-refractivity contribution in [2.24, 2.45) is 4.99 Å². The van der Waals surface area contributed by atoms with Crippen LogP contribution in [0, 0.1) is 10.1 Å². The van der Waals surface area contributed by atoms with E-state index in [1.54, 1.807) is 18.2 Å². The number of nitro benzene ring substituents is 1. The van der Waals surface area contributed by atoms with Crippen molar-refractivity contribution < 1.29 is 14.5 Å². The summed E-state index contributed by atoms with van der Waals surface area (Å²) in [6, 6.07) is 13.6. The molecule has 2 aliphatic rings. The highest BCUT2D eigenvalue weighted by molar-refractivity contribution is 7.07. The molecular formula is C28H29N5O5S. The van der Waals surface area contributed by atoms with Gasteiger partial charge in [-0.1, -0.05) is 48.6 Å². The molecule has 3 aromatic rings. The molecule has 1 fully saturated rings. The van der Waals surface area contributed by atoms with Gasteiger partial charge in [-0.3, -0.25) is 19.5 Å². The number of methoxy groups -OCH3 is 1. The molecule has 11 heteroatoms. The van der Waals surface area contributed by atoms with Crippen molar-refractivity contribution in [1.29, 1.82) is 0 Å². The van der Waals surface area contributed by atoms with E-state index in [1.165, 1.54) is 17.7 Å². The lowest BCUT2D eigenvalue weighted by Crippen LogP contribution is -2.44. The highest BCUT2D eigenvalue weighted by Crippen LogP contribution is 2.32. The predicted molar refractivity (Wildman–Crippen MR) is 150 cm³/mol. The van der Waals surface area contributed by atoms with Crippen molar-refractivity contribution in [2.75, 3.05) is 45.2 Å². The van der Waals surface area contributed by atoms with Crippen LogP contribution in [0.4, 0.5) is 11.4 Å². The van der Waals surface area contributed by atoms with E-state index in [9.17, 15) is 19.7 Å². The monoisotopic (exact) mass is 547 g/mol. The van der Waals surface area contributed by atoms with E-state index in [2.05, 4.69) is 21.8 Å². The number of nitro groups is 1. The normalized spacial score (nSPS) is 18.1. The number of hydrogen-bond acceptors (Lipinski definition) is 9. The number of anilines is 1. The fourth-order valence-electron chi connectivity index (χ4n) is 5.04. The maximum atomic E-state index is 13.9. The molecule has 0 unspecified atom stereocenters. The second-order valence-electron chi connectivity index (χ2n) is 9.49. The summed E-state index contributed by atoms with van der Waals surface area (Å²) in [5.41, 5.74) is 2.37. The second kappa shape index (κ2) is 11.0. The topological polar surface area (TPSA) is 110 Å². The summed E-state index contributed by atoms with van der Waals surface area (Å²) in [4.78, 5) is 47.8. The number of carbonyl (C=O) groups excluding carboxylic acids is 1. The van der Waals surface area contributed by atoms with Gasteiger partial charge in [-0.25, -0.2) is 9.79 Å². The molecule has 2 aromatic carbocycles. The van der Waals surface area contributed by atoms with E-state index in [-0.39, 0.29) is 11.2 Å². The van der Waals surface area contributed by atoms with E-state index >= 15 is 0 Å². The number of carbonyl (C=O) groups is 1. The maximum Gasteiger partial charge on any atom is 0.338 e. The van der Waals surface area contributed by atoms with Crippen LogP contribution in [0.2, 0.25) is 0 Å². The van der Waals surface area contributed by atoms with Crippen molar-refractivity contribution in [3.05, 3.63) is 101 Å². The van der Waals surface area contributed by atoms with Crippen LogP contribution in [0.5, 0.6) is 0 Å². The maximum absolute atomic E-state index is 13.9. The summed E-state index contributed by atoms with van der Waals surface area (Å²) < 4.78 is 6.89. The van der Waals surface area contributed by atoms with Gasteiger partial charge in [-0.15, -0.1) is 0 Å². The zero-order chi connectivity index (χ0) is 27.7. The summed E-state index contributed by atoms with van der Waals surface area (Å²) in [6.45, 7) is 5.30. The van der Waals surface area contributed by atoms with E-state index in [4.69, 9.17) is 4.74 Å². The number of allylic oxidation sites excluding steroid dienone is 1. The van der Waals surface area contributed by atoms with Gasteiger partial charge in [0.05, 0.1) is 39.4 Å². The average Bonchev–Trinajstić information content (AvgIpc) is 3.26. The van der Waals surface area contributed by atoms with E-state index in [0.717, 1.165) is 48.8 Å². The Morgan fingerprint density at radius 2 is 1.90 bits per heavy atom. The van der Waals surface area contributed by atoms with Crippen LogP contribution < -0.4 is 19.8 Å². The third-order valence-corrected chi connectivity index (χ3v) is 8.11. The smallest absolute Gasteiger partial charge is 0.338 e. The van der Waals surface area contributed by atoms with Gasteiger partial charge in [0.2, 0.25) is 0 Å². The number of piperazine rings is 1. The Labute approximate surface area is 228 Å².